The summed E-state index contributed by atoms with van der Waals surface area (Å²) in [6.45, 7) is 3.06. The molecule has 0 saturated heterocycles. The van der Waals surface area contributed by atoms with Gasteiger partial charge in [-0.2, -0.15) is 0 Å². The molecule has 0 spiro atoms. The van der Waals surface area contributed by atoms with Crippen LogP contribution in [0.4, 0.5) is 4.39 Å². The Kier molecular flexibility index (Phi) is 3.30. The van der Waals surface area contributed by atoms with Crippen LogP contribution in [0.25, 0.3) is 0 Å². The van der Waals surface area contributed by atoms with Crippen molar-refractivity contribution in [2.75, 3.05) is 13.2 Å². The predicted octanol–water partition coefficient (Wildman–Crippen LogP) is -0.437. The van der Waals surface area contributed by atoms with Crippen LogP contribution in [0.2, 0.25) is 0 Å². The molecular weight excluding hydrogens is 259 g/mol. The third-order valence-electron chi connectivity index (χ3n) is 3.94. The smallest absolute Gasteiger partial charge is 0.344 e. The Morgan fingerprint density at radius 3 is 2.32 bits per heavy atom. The number of aliphatic hydroxyl groups excluding tert-OH is 1. The molecule has 6 nitrogen and oxygen atoms in total. The van der Waals surface area contributed by atoms with Crippen molar-refractivity contribution in [3.05, 3.63) is 0 Å². The first-order chi connectivity index (χ1) is 8.84. The number of hydrogen-bond acceptors (Lipinski definition) is 6. The quantitative estimate of drug-likeness (QED) is 0.676. The zero-order valence-electron chi connectivity index (χ0n) is 10.8. The van der Waals surface area contributed by atoms with Gasteiger partial charge in [-0.3, -0.25) is 0 Å². The monoisotopic (exact) mass is 276 g/mol. The van der Waals surface area contributed by atoms with Crippen LogP contribution in [0.3, 0.4) is 0 Å². The summed E-state index contributed by atoms with van der Waals surface area (Å²) in [5.74, 6) is -4.40. The lowest BCUT2D eigenvalue weighted by molar-refractivity contribution is -0.183. The Hall–Kier alpha value is -1.21. The molecule has 2 saturated carbocycles. The first-order valence-corrected chi connectivity index (χ1v) is 6.28. The van der Waals surface area contributed by atoms with Crippen LogP contribution < -0.4 is 0 Å². The normalized spacial score (nSPS) is 43.5. The summed E-state index contributed by atoms with van der Waals surface area (Å²) in [6.07, 6.45) is -1.60. The molecular formula is C12H17FO6. The summed E-state index contributed by atoms with van der Waals surface area (Å²) in [4.78, 5) is 23.3. The maximum absolute atomic E-state index is 14.5. The third-order valence-corrected chi connectivity index (χ3v) is 3.94. The average molecular weight is 276 g/mol. The van der Waals surface area contributed by atoms with Crippen molar-refractivity contribution in [2.45, 2.75) is 37.6 Å². The Balaban J connectivity index is 2.23. The van der Waals surface area contributed by atoms with Crippen LogP contribution in [-0.2, 0) is 19.1 Å². The van der Waals surface area contributed by atoms with Crippen LogP contribution >= 0.6 is 0 Å². The molecule has 0 radical (unpaired) electrons. The van der Waals surface area contributed by atoms with Crippen molar-refractivity contribution in [1.82, 2.24) is 0 Å². The highest BCUT2D eigenvalue weighted by Crippen LogP contribution is 2.67. The third kappa shape index (κ3) is 1.68. The Bertz CT molecular complexity index is 413. The summed E-state index contributed by atoms with van der Waals surface area (Å²) < 4.78 is 23.8. The maximum Gasteiger partial charge on any atom is 0.344 e. The van der Waals surface area contributed by atoms with E-state index >= 15 is 0 Å². The molecule has 2 rings (SSSR count). The molecule has 0 aromatic rings. The summed E-state index contributed by atoms with van der Waals surface area (Å²) in [5.41, 5.74) is -4.78. The highest BCUT2D eigenvalue weighted by Gasteiger charge is 2.86. The average Bonchev–Trinajstić information content (AvgIpc) is 2.84. The van der Waals surface area contributed by atoms with E-state index in [1.165, 1.54) is 13.8 Å². The molecule has 0 amide bonds. The van der Waals surface area contributed by atoms with Crippen LogP contribution in [-0.4, -0.2) is 52.7 Å². The largest absolute Gasteiger partial charge is 0.464 e. The highest BCUT2D eigenvalue weighted by atomic mass is 19.1. The van der Waals surface area contributed by atoms with Crippen LogP contribution in [0.1, 0.15) is 20.3 Å². The number of rotatable bonds is 4. The molecule has 2 fully saturated rings. The van der Waals surface area contributed by atoms with E-state index in [1.807, 2.05) is 0 Å². The van der Waals surface area contributed by atoms with Gasteiger partial charge in [0, 0.05) is 5.92 Å². The van der Waals surface area contributed by atoms with Gasteiger partial charge < -0.3 is 19.7 Å². The minimum absolute atomic E-state index is 0.00430. The predicted molar refractivity (Wildman–Crippen MR) is 59.7 cm³/mol. The van der Waals surface area contributed by atoms with Crippen LogP contribution in [0.15, 0.2) is 0 Å². The fourth-order valence-corrected chi connectivity index (χ4v) is 3.02. The lowest BCUT2D eigenvalue weighted by atomic mass is 9.91. The number of alkyl halides is 1. The fraction of sp³-hybridized carbons (Fsp3) is 0.833. The lowest BCUT2D eigenvalue weighted by Gasteiger charge is -2.29. The molecule has 19 heavy (non-hydrogen) atoms. The van der Waals surface area contributed by atoms with E-state index in [9.17, 15) is 24.2 Å². The summed E-state index contributed by atoms with van der Waals surface area (Å²) in [7, 11) is 0. The molecule has 7 heteroatoms. The van der Waals surface area contributed by atoms with E-state index in [1.54, 1.807) is 0 Å². The molecule has 108 valence electrons. The van der Waals surface area contributed by atoms with E-state index in [0.29, 0.717) is 0 Å². The molecule has 0 bridgehead atoms. The molecule has 0 unspecified atom stereocenters. The molecule has 0 aromatic heterocycles. The van der Waals surface area contributed by atoms with Crippen LogP contribution in [0, 0.1) is 11.8 Å². The van der Waals surface area contributed by atoms with Crippen molar-refractivity contribution in [1.29, 1.82) is 0 Å². The van der Waals surface area contributed by atoms with E-state index in [4.69, 9.17) is 0 Å². The molecule has 2 aliphatic carbocycles. The van der Waals surface area contributed by atoms with Crippen molar-refractivity contribution in [2.24, 2.45) is 11.8 Å². The minimum Gasteiger partial charge on any atom is -0.464 e. The standard InChI is InChI=1S/C12H17FO6/c1-3-18-9(15)11(13)6-5-7(14)12(17,8(6)11)10(16)19-4-2/h6-8,14,17H,3-5H2,1-2H3/t6-,7-,8+,11-,12-/m1/s1. The summed E-state index contributed by atoms with van der Waals surface area (Å²) in [6, 6.07) is 0. The van der Waals surface area contributed by atoms with Gasteiger partial charge >= 0.3 is 11.9 Å². The summed E-state index contributed by atoms with van der Waals surface area (Å²) >= 11 is 0. The number of esters is 2. The zero-order chi connectivity index (χ0) is 14.4. The van der Waals surface area contributed by atoms with E-state index in [-0.39, 0.29) is 19.6 Å². The number of halogens is 1. The van der Waals surface area contributed by atoms with Crippen molar-refractivity contribution < 1.29 is 33.7 Å². The van der Waals surface area contributed by atoms with Gasteiger partial charge in [0.2, 0.25) is 5.67 Å². The molecule has 2 N–H and O–H groups in total. The number of aliphatic hydroxyl groups is 2. The molecule has 0 aromatic carbocycles. The Labute approximate surface area is 109 Å². The zero-order valence-corrected chi connectivity index (χ0v) is 10.8. The minimum atomic E-state index is -2.41. The number of carbonyl (C=O) groups is 2. The van der Waals surface area contributed by atoms with Gasteiger partial charge in [-0.05, 0) is 20.3 Å². The van der Waals surface area contributed by atoms with Gasteiger partial charge in [-0.1, -0.05) is 0 Å². The van der Waals surface area contributed by atoms with Crippen molar-refractivity contribution in [3.63, 3.8) is 0 Å². The molecule has 2 aliphatic rings. The topological polar surface area (TPSA) is 93.1 Å². The number of carbonyl (C=O) groups excluding carboxylic acids is 2. The van der Waals surface area contributed by atoms with E-state index in [0.717, 1.165) is 0 Å². The van der Waals surface area contributed by atoms with Gasteiger partial charge in [-0.25, -0.2) is 14.0 Å². The number of hydrogen-bond donors (Lipinski definition) is 2. The van der Waals surface area contributed by atoms with Gasteiger partial charge in [0.05, 0.1) is 25.2 Å². The first kappa shape index (κ1) is 14.2. The molecule has 0 heterocycles. The summed E-state index contributed by atoms with van der Waals surface area (Å²) in [5, 5.41) is 20.0. The van der Waals surface area contributed by atoms with Gasteiger partial charge in [0.25, 0.3) is 0 Å². The second-order valence-electron chi connectivity index (χ2n) is 4.87. The van der Waals surface area contributed by atoms with Gasteiger partial charge in [0.1, 0.15) is 0 Å². The number of ether oxygens (including phenoxy) is 2. The van der Waals surface area contributed by atoms with Crippen LogP contribution in [0.5, 0.6) is 0 Å². The Morgan fingerprint density at radius 2 is 1.79 bits per heavy atom. The van der Waals surface area contributed by atoms with E-state index < -0.39 is 41.1 Å². The first-order valence-electron chi connectivity index (χ1n) is 6.28. The highest BCUT2D eigenvalue weighted by molar-refractivity contribution is 5.91. The maximum atomic E-state index is 14.5. The Morgan fingerprint density at radius 1 is 1.26 bits per heavy atom. The fourth-order valence-electron chi connectivity index (χ4n) is 3.02. The van der Waals surface area contributed by atoms with Gasteiger partial charge in [0.15, 0.2) is 5.60 Å². The molecule has 0 aliphatic heterocycles. The number of fused-ring (bicyclic) bond motifs is 1. The molecule has 5 atom stereocenters. The van der Waals surface area contributed by atoms with E-state index in [2.05, 4.69) is 9.47 Å². The second-order valence-corrected chi connectivity index (χ2v) is 4.87. The lowest BCUT2D eigenvalue weighted by Crippen LogP contribution is -2.53. The van der Waals surface area contributed by atoms with Crippen molar-refractivity contribution in [3.8, 4) is 0 Å². The van der Waals surface area contributed by atoms with Crippen molar-refractivity contribution >= 4 is 11.9 Å². The second kappa shape index (κ2) is 4.42. The SMILES string of the molecule is CCOC(=O)[C@@]1(O)[C@H](O)C[C@@H]2[C@H]1[C@@]2(F)C(=O)OCC. The van der Waals surface area contributed by atoms with Gasteiger partial charge in [-0.15, -0.1) is 0 Å².